The van der Waals surface area contributed by atoms with Crippen LogP contribution in [-0.2, 0) is 4.74 Å². The van der Waals surface area contributed by atoms with Crippen molar-refractivity contribution in [2.45, 2.75) is 51.2 Å². The number of furan rings is 1. The molecule has 1 unspecified atom stereocenters. The van der Waals surface area contributed by atoms with Crippen LogP contribution in [0.2, 0.25) is 0 Å². The summed E-state index contributed by atoms with van der Waals surface area (Å²) >= 11 is 0. The number of nitrogens with two attached hydrogens (primary N) is 1. The van der Waals surface area contributed by atoms with Gasteiger partial charge in [0.1, 0.15) is 11.3 Å². The van der Waals surface area contributed by atoms with Crippen LogP contribution >= 0.6 is 0 Å². The molecule has 0 bridgehead atoms. The average Bonchev–Trinajstić information content (AvgIpc) is 2.93. The third-order valence-corrected chi connectivity index (χ3v) is 4.87. The summed E-state index contributed by atoms with van der Waals surface area (Å²) in [5.41, 5.74) is 7.21. The first-order valence-electron chi connectivity index (χ1n) is 8.02. The largest absolute Gasteiger partial charge is 0.459 e. The van der Waals surface area contributed by atoms with Gasteiger partial charge in [0.2, 0.25) is 0 Å². The minimum absolute atomic E-state index is 0.197. The van der Waals surface area contributed by atoms with Crippen molar-refractivity contribution in [2.75, 3.05) is 6.61 Å². The first-order chi connectivity index (χ1) is 10.1. The molecule has 3 heteroatoms. The zero-order valence-electron chi connectivity index (χ0n) is 13.0. The Morgan fingerprint density at radius 2 is 2.05 bits per heavy atom. The van der Waals surface area contributed by atoms with E-state index in [-0.39, 0.29) is 11.6 Å². The highest BCUT2D eigenvalue weighted by Crippen LogP contribution is 2.43. The number of fused-ring (bicyclic) bond motifs is 1. The van der Waals surface area contributed by atoms with Crippen molar-refractivity contribution in [3.63, 3.8) is 0 Å². The number of benzene rings is 1. The summed E-state index contributed by atoms with van der Waals surface area (Å²) in [7, 11) is 0. The van der Waals surface area contributed by atoms with Gasteiger partial charge in [0.15, 0.2) is 0 Å². The molecule has 2 aromatic rings. The number of rotatable bonds is 4. The maximum absolute atomic E-state index is 6.58. The third kappa shape index (κ3) is 2.72. The van der Waals surface area contributed by atoms with Crippen LogP contribution in [0.15, 0.2) is 34.7 Å². The lowest BCUT2D eigenvalue weighted by Gasteiger charge is -2.42. The third-order valence-electron chi connectivity index (χ3n) is 4.87. The van der Waals surface area contributed by atoms with Gasteiger partial charge < -0.3 is 14.9 Å². The Kier molecular flexibility index (Phi) is 4.05. The second kappa shape index (κ2) is 5.82. The van der Waals surface area contributed by atoms with Crippen molar-refractivity contribution in [1.29, 1.82) is 0 Å². The molecule has 0 radical (unpaired) electrons. The number of ether oxygens (including phenoxy) is 1. The lowest BCUT2D eigenvalue weighted by Crippen LogP contribution is -2.46. The molecule has 0 saturated heterocycles. The molecule has 1 atom stereocenters. The zero-order chi connectivity index (χ0) is 14.9. The summed E-state index contributed by atoms with van der Waals surface area (Å²) in [6, 6.07) is 9.93. The van der Waals surface area contributed by atoms with Crippen LogP contribution in [0.25, 0.3) is 11.0 Å². The second-order valence-corrected chi connectivity index (χ2v) is 6.34. The van der Waals surface area contributed by atoms with E-state index < -0.39 is 0 Å². The highest BCUT2D eigenvalue weighted by molar-refractivity contribution is 5.77. The fourth-order valence-corrected chi connectivity index (χ4v) is 3.50. The molecule has 1 aliphatic rings. The highest BCUT2D eigenvalue weighted by Gasteiger charge is 2.42. The van der Waals surface area contributed by atoms with Crippen LogP contribution in [0.3, 0.4) is 0 Å². The van der Waals surface area contributed by atoms with Gasteiger partial charge in [-0.1, -0.05) is 25.1 Å². The highest BCUT2D eigenvalue weighted by atomic mass is 16.5. The Labute approximate surface area is 126 Å². The molecule has 1 aromatic carbocycles. The SMILES string of the molecule is CCOC1(C(N)c2cc3ccccc3o2)CCC(C)CC1. The number of hydrogen-bond donors (Lipinski definition) is 1. The molecule has 0 spiro atoms. The Morgan fingerprint density at radius 3 is 2.71 bits per heavy atom. The van der Waals surface area contributed by atoms with Crippen molar-refractivity contribution in [3.05, 3.63) is 36.1 Å². The van der Waals surface area contributed by atoms with E-state index in [1.165, 1.54) is 12.8 Å². The maximum atomic E-state index is 6.58. The molecule has 1 heterocycles. The molecule has 21 heavy (non-hydrogen) atoms. The van der Waals surface area contributed by atoms with Gasteiger partial charge in [-0.25, -0.2) is 0 Å². The molecule has 1 saturated carbocycles. The minimum Gasteiger partial charge on any atom is -0.459 e. The van der Waals surface area contributed by atoms with Crippen molar-refractivity contribution in [2.24, 2.45) is 11.7 Å². The summed E-state index contributed by atoms with van der Waals surface area (Å²) < 4.78 is 12.1. The fourth-order valence-electron chi connectivity index (χ4n) is 3.50. The van der Waals surface area contributed by atoms with Gasteiger partial charge in [-0.3, -0.25) is 0 Å². The molecule has 2 N–H and O–H groups in total. The van der Waals surface area contributed by atoms with Crippen LogP contribution in [0.5, 0.6) is 0 Å². The van der Waals surface area contributed by atoms with E-state index >= 15 is 0 Å². The van der Waals surface area contributed by atoms with Crippen LogP contribution < -0.4 is 5.73 Å². The summed E-state index contributed by atoms with van der Waals surface area (Å²) in [6.07, 6.45) is 4.38. The molecular weight excluding hydrogens is 262 g/mol. The molecule has 1 fully saturated rings. The van der Waals surface area contributed by atoms with Crippen molar-refractivity contribution >= 4 is 11.0 Å². The van der Waals surface area contributed by atoms with E-state index in [4.69, 9.17) is 14.9 Å². The monoisotopic (exact) mass is 287 g/mol. The van der Waals surface area contributed by atoms with Gasteiger partial charge in [0.25, 0.3) is 0 Å². The van der Waals surface area contributed by atoms with Crippen LogP contribution in [0.1, 0.15) is 51.3 Å². The van der Waals surface area contributed by atoms with Gasteiger partial charge in [-0.2, -0.15) is 0 Å². The molecule has 0 amide bonds. The molecule has 1 aliphatic carbocycles. The second-order valence-electron chi connectivity index (χ2n) is 6.34. The maximum Gasteiger partial charge on any atom is 0.134 e. The predicted molar refractivity (Wildman–Crippen MR) is 85.1 cm³/mol. The summed E-state index contributed by atoms with van der Waals surface area (Å²) in [6.45, 7) is 5.05. The molecule has 114 valence electrons. The van der Waals surface area contributed by atoms with E-state index in [0.29, 0.717) is 6.61 Å². The standard InChI is InChI=1S/C18H25NO2/c1-3-20-18(10-8-13(2)9-11-18)17(19)16-12-14-6-4-5-7-15(14)21-16/h4-7,12-13,17H,3,8-11,19H2,1-2H3. The lowest BCUT2D eigenvalue weighted by atomic mass is 9.75. The van der Waals surface area contributed by atoms with Gasteiger partial charge in [0.05, 0.1) is 11.6 Å². The molecular formula is C18H25NO2. The van der Waals surface area contributed by atoms with Crippen LogP contribution in [0, 0.1) is 5.92 Å². The van der Waals surface area contributed by atoms with E-state index in [2.05, 4.69) is 19.1 Å². The smallest absolute Gasteiger partial charge is 0.134 e. The summed E-state index contributed by atoms with van der Waals surface area (Å²) in [5.74, 6) is 1.61. The van der Waals surface area contributed by atoms with Crippen LogP contribution in [0.4, 0.5) is 0 Å². The Bertz CT molecular complexity index is 563. The lowest BCUT2D eigenvalue weighted by molar-refractivity contribution is -0.0929. The molecule has 1 aromatic heterocycles. The van der Waals surface area contributed by atoms with Gasteiger partial charge >= 0.3 is 0 Å². The van der Waals surface area contributed by atoms with E-state index in [1.807, 2.05) is 25.1 Å². The molecule has 0 aliphatic heterocycles. The summed E-state index contributed by atoms with van der Waals surface area (Å²) in [4.78, 5) is 0. The Balaban J connectivity index is 1.91. The van der Waals surface area contributed by atoms with Gasteiger partial charge in [-0.15, -0.1) is 0 Å². The van der Waals surface area contributed by atoms with Gasteiger partial charge in [-0.05, 0) is 50.7 Å². The number of hydrogen-bond acceptors (Lipinski definition) is 3. The van der Waals surface area contributed by atoms with Crippen LogP contribution in [-0.4, -0.2) is 12.2 Å². The average molecular weight is 287 g/mol. The number of para-hydroxylation sites is 1. The molecule has 3 nitrogen and oxygen atoms in total. The van der Waals surface area contributed by atoms with Crippen molar-refractivity contribution in [1.82, 2.24) is 0 Å². The predicted octanol–water partition coefficient (Wildman–Crippen LogP) is 4.42. The fraction of sp³-hybridized carbons (Fsp3) is 0.556. The minimum atomic E-state index is -0.269. The Hall–Kier alpha value is -1.32. The van der Waals surface area contributed by atoms with E-state index in [9.17, 15) is 0 Å². The van der Waals surface area contributed by atoms with Crippen molar-refractivity contribution < 1.29 is 9.15 Å². The quantitative estimate of drug-likeness (QED) is 0.905. The van der Waals surface area contributed by atoms with Gasteiger partial charge in [0, 0.05) is 12.0 Å². The van der Waals surface area contributed by atoms with E-state index in [1.54, 1.807) is 0 Å². The topological polar surface area (TPSA) is 48.4 Å². The normalized spacial score (nSPS) is 27.9. The zero-order valence-corrected chi connectivity index (χ0v) is 13.0. The first kappa shape index (κ1) is 14.6. The Morgan fingerprint density at radius 1 is 1.33 bits per heavy atom. The summed E-state index contributed by atoms with van der Waals surface area (Å²) in [5, 5.41) is 1.11. The first-order valence-corrected chi connectivity index (χ1v) is 8.02. The molecule has 3 rings (SSSR count). The van der Waals surface area contributed by atoms with Crippen molar-refractivity contribution in [3.8, 4) is 0 Å². The van der Waals surface area contributed by atoms with E-state index in [0.717, 1.165) is 35.5 Å².